The Morgan fingerprint density at radius 1 is 1.37 bits per heavy atom. The third kappa shape index (κ3) is 3.67. The van der Waals surface area contributed by atoms with Gasteiger partial charge in [0.15, 0.2) is 0 Å². The van der Waals surface area contributed by atoms with Crippen LogP contribution in [0.1, 0.15) is 20.3 Å². The predicted molar refractivity (Wildman–Crippen MR) is 79.0 cm³/mol. The Hall–Kier alpha value is -0.660. The highest BCUT2D eigenvalue weighted by atomic mass is 79.9. The molecule has 1 N–H and O–H groups in total. The van der Waals surface area contributed by atoms with Gasteiger partial charge in [-0.25, -0.2) is 4.98 Å². The predicted octanol–water partition coefficient (Wildman–Crippen LogP) is 2.48. The Kier molecular flexibility index (Phi) is 4.47. The van der Waals surface area contributed by atoms with E-state index >= 15 is 0 Å². The summed E-state index contributed by atoms with van der Waals surface area (Å²) in [7, 11) is -3.51. The summed E-state index contributed by atoms with van der Waals surface area (Å²) in [6.45, 7) is 5.30. The zero-order chi connectivity index (χ0) is 14.0. The molecule has 1 aromatic rings. The largest absolute Gasteiger partial charge is 0.301 e. The summed E-state index contributed by atoms with van der Waals surface area (Å²) < 4.78 is 29.3. The van der Waals surface area contributed by atoms with E-state index in [-0.39, 0.29) is 0 Å². The fourth-order valence-corrected chi connectivity index (χ4v) is 4.42. The van der Waals surface area contributed by atoms with Gasteiger partial charge in [-0.15, -0.1) is 0 Å². The van der Waals surface area contributed by atoms with Gasteiger partial charge in [0.2, 0.25) is 0 Å². The molecule has 7 heteroatoms. The molecule has 2 atom stereocenters. The van der Waals surface area contributed by atoms with Gasteiger partial charge in [-0.2, -0.15) is 12.7 Å². The minimum absolute atomic E-state index is 0.387. The molecule has 0 saturated carbocycles. The smallest absolute Gasteiger partial charge is 0.268 e. The van der Waals surface area contributed by atoms with Crippen LogP contribution in [0.3, 0.4) is 0 Å². The minimum atomic E-state index is -3.51. The highest BCUT2D eigenvalue weighted by molar-refractivity contribution is 9.10. The van der Waals surface area contributed by atoms with Gasteiger partial charge < -0.3 is 0 Å². The first-order valence-electron chi connectivity index (χ1n) is 6.27. The van der Waals surface area contributed by atoms with Crippen LogP contribution in [0.4, 0.5) is 5.69 Å². The van der Waals surface area contributed by atoms with Crippen molar-refractivity contribution >= 4 is 31.8 Å². The van der Waals surface area contributed by atoms with Crippen molar-refractivity contribution in [3.63, 3.8) is 0 Å². The molecule has 1 saturated heterocycles. The summed E-state index contributed by atoms with van der Waals surface area (Å²) in [5.74, 6) is 0.773. The molecule has 0 bridgehead atoms. The molecule has 2 unspecified atom stereocenters. The second kappa shape index (κ2) is 5.76. The van der Waals surface area contributed by atoms with Gasteiger partial charge in [0.05, 0.1) is 5.69 Å². The average molecular weight is 348 g/mol. The molecule has 1 aliphatic rings. The van der Waals surface area contributed by atoms with Gasteiger partial charge in [-0.3, -0.25) is 4.72 Å². The van der Waals surface area contributed by atoms with Crippen molar-refractivity contribution in [1.29, 1.82) is 0 Å². The SMILES string of the molecule is CC1CC(C)CN(S(=O)(=O)Nc2cccnc2Br)C1. The summed E-state index contributed by atoms with van der Waals surface area (Å²) in [5.41, 5.74) is 0.466. The number of anilines is 1. The van der Waals surface area contributed by atoms with Gasteiger partial charge in [0, 0.05) is 19.3 Å². The molecule has 0 spiro atoms. The lowest BCUT2D eigenvalue weighted by atomic mass is 9.94. The fraction of sp³-hybridized carbons (Fsp3) is 0.583. The molecule has 1 aliphatic heterocycles. The van der Waals surface area contributed by atoms with Crippen LogP contribution in [0, 0.1) is 11.8 Å². The number of nitrogens with zero attached hydrogens (tertiary/aromatic N) is 2. The number of halogens is 1. The van der Waals surface area contributed by atoms with Gasteiger partial charge in [-0.05, 0) is 46.3 Å². The number of nitrogens with one attached hydrogen (secondary N) is 1. The summed E-state index contributed by atoms with van der Waals surface area (Å²) in [6, 6.07) is 3.38. The van der Waals surface area contributed by atoms with E-state index in [9.17, 15) is 8.42 Å². The number of rotatable bonds is 3. The third-order valence-electron chi connectivity index (χ3n) is 3.17. The van der Waals surface area contributed by atoms with E-state index in [2.05, 4.69) is 39.5 Å². The first-order chi connectivity index (χ1) is 8.88. The van der Waals surface area contributed by atoms with Crippen LogP contribution in [-0.2, 0) is 10.2 Å². The summed E-state index contributed by atoms with van der Waals surface area (Å²) in [4.78, 5) is 4.01. The van der Waals surface area contributed by atoms with Crippen molar-refractivity contribution in [1.82, 2.24) is 9.29 Å². The van der Waals surface area contributed by atoms with Crippen LogP contribution in [0.2, 0.25) is 0 Å². The molecule has 0 radical (unpaired) electrons. The Labute approximate surface area is 122 Å². The summed E-state index contributed by atoms with van der Waals surface area (Å²) in [5, 5.41) is 0. The van der Waals surface area contributed by atoms with Crippen molar-refractivity contribution < 1.29 is 8.42 Å². The quantitative estimate of drug-likeness (QED) is 0.854. The number of piperidine rings is 1. The van der Waals surface area contributed by atoms with E-state index < -0.39 is 10.2 Å². The van der Waals surface area contributed by atoms with Crippen LogP contribution in [0.25, 0.3) is 0 Å². The van der Waals surface area contributed by atoms with E-state index in [1.165, 1.54) is 4.31 Å². The Morgan fingerprint density at radius 2 is 2.00 bits per heavy atom. The molecule has 1 fully saturated rings. The number of hydrogen-bond donors (Lipinski definition) is 1. The van der Waals surface area contributed by atoms with Crippen LogP contribution in [0.15, 0.2) is 22.9 Å². The van der Waals surface area contributed by atoms with Crippen LogP contribution in [-0.4, -0.2) is 30.8 Å². The molecule has 0 amide bonds. The van der Waals surface area contributed by atoms with Crippen LogP contribution < -0.4 is 4.72 Å². The second-order valence-corrected chi connectivity index (χ2v) is 7.63. The van der Waals surface area contributed by atoms with Crippen LogP contribution >= 0.6 is 15.9 Å². The molecule has 1 aromatic heterocycles. The number of pyridine rings is 1. The molecule has 2 heterocycles. The van der Waals surface area contributed by atoms with Crippen molar-refractivity contribution in [3.8, 4) is 0 Å². The zero-order valence-corrected chi connectivity index (χ0v) is 13.4. The first-order valence-corrected chi connectivity index (χ1v) is 8.50. The Bertz CT molecular complexity index is 540. The molecule has 0 aromatic carbocycles. The summed E-state index contributed by atoms with van der Waals surface area (Å²) in [6.07, 6.45) is 2.68. The number of aromatic nitrogens is 1. The summed E-state index contributed by atoms with van der Waals surface area (Å²) >= 11 is 3.24. The maximum absolute atomic E-state index is 12.4. The fourth-order valence-electron chi connectivity index (χ4n) is 2.47. The highest BCUT2D eigenvalue weighted by Crippen LogP contribution is 2.25. The third-order valence-corrected chi connectivity index (χ3v) is 5.26. The van der Waals surface area contributed by atoms with Gasteiger partial charge >= 0.3 is 10.2 Å². The van der Waals surface area contributed by atoms with E-state index in [1.54, 1.807) is 18.3 Å². The molecular weight excluding hydrogens is 330 g/mol. The lowest BCUT2D eigenvalue weighted by Gasteiger charge is -2.34. The van der Waals surface area contributed by atoms with Crippen LogP contribution in [0.5, 0.6) is 0 Å². The highest BCUT2D eigenvalue weighted by Gasteiger charge is 2.30. The van der Waals surface area contributed by atoms with Crippen molar-refractivity contribution in [2.45, 2.75) is 20.3 Å². The van der Waals surface area contributed by atoms with Crippen molar-refractivity contribution in [2.24, 2.45) is 11.8 Å². The monoisotopic (exact) mass is 347 g/mol. The minimum Gasteiger partial charge on any atom is -0.268 e. The molecule has 5 nitrogen and oxygen atoms in total. The topological polar surface area (TPSA) is 62.3 Å². The molecular formula is C12H18BrN3O2S. The second-order valence-electron chi connectivity index (χ2n) is 5.21. The average Bonchev–Trinajstić information content (AvgIpc) is 2.31. The molecule has 19 heavy (non-hydrogen) atoms. The lowest BCUT2D eigenvalue weighted by molar-refractivity contribution is 0.223. The van der Waals surface area contributed by atoms with Gasteiger partial charge in [0.25, 0.3) is 0 Å². The molecule has 0 aliphatic carbocycles. The first kappa shape index (κ1) is 14.7. The van der Waals surface area contributed by atoms with E-state index in [0.717, 1.165) is 6.42 Å². The number of hydrogen-bond acceptors (Lipinski definition) is 3. The van der Waals surface area contributed by atoms with Gasteiger partial charge in [-0.1, -0.05) is 13.8 Å². The van der Waals surface area contributed by atoms with Crippen molar-refractivity contribution in [2.75, 3.05) is 17.8 Å². The van der Waals surface area contributed by atoms with E-state index in [0.29, 0.717) is 35.2 Å². The Balaban J connectivity index is 2.16. The molecule has 106 valence electrons. The normalized spacial score (nSPS) is 25.2. The maximum atomic E-state index is 12.4. The lowest BCUT2D eigenvalue weighted by Crippen LogP contribution is -2.45. The Morgan fingerprint density at radius 3 is 2.58 bits per heavy atom. The zero-order valence-electron chi connectivity index (χ0n) is 11.0. The van der Waals surface area contributed by atoms with Crippen molar-refractivity contribution in [3.05, 3.63) is 22.9 Å². The maximum Gasteiger partial charge on any atom is 0.301 e. The molecule has 2 rings (SSSR count). The standard InChI is InChI=1S/C12H18BrN3O2S/c1-9-6-10(2)8-16(7-9)19(17,18)15-11-4-3-5-14-12(11)13/h3-5,9-10,15H,6-8H2,1-2H3. The van der Waals surface area contributed by atoms with Gasteiger partial charge in [0.1, 0.15) is 4.60 Å². The van der Waals surface area contributed by atoms with E-state index in [4.69, 9.17) is 0 Å². The van der Waals surface area contributed by atoms with E-state index in [1.807, 2.05) is 0 Å².